The second kappa shape index (κ2) is 5.21. The number of alkyl halides is 5. The van der Waals surface area contributed by atoms with Crippen molar-refractivity contribution < 1.29 is 36.6 Å². The summed E-state index contributed by atoms with van der Waals surface area (Å²) >= 11 is 0. The van der Waals surface area contributed by atoms with Crippen molar-refractivity contribution >= 4 is 5.97 Å². The highest BCUT2D eigenvalue weighted by Crippen LogP contribution is 2.43. The molecule has 0 aromatic heterocycles. The molecule has 0 aromatic carbocycles. The van der Waals surface area contributed by atoms with Gasteiger partial charge in [0.25, 0.3) is 0 Å². The summed E-state index contributed by atoms with van der Waals surface area (Å²) in [6, 6.07) is 0. The number of carbonyl (C=O) groups excluding carboxylic acids is 1. The van der Waals surface area contributed by atoms with Crippen LogP contribution in [0.2, 0.25) is 0 Å². The van der Waals surface area contributed by atoms with Crippen LogP contribution in [-0.4, -0.2) is 34.9 Å². The Balaban J connectivity index is 5.36. The van der Waals surface area contributed by atoms with Crippen LogP contribution in [0.4, 0.5) is 22.0 Å². The minimum Gasteiger partial charge on any atom is -0.450 e. The van der Waals surface area contributed by atoms with Gasteiger partial charge in [-0.25, -0.2) is 4.79 Å². The third kappa shape index (κ3) is 3.18. The zero-order valence-electron chi connectivity index (χ0n) is 9.72. The number of aliphatic hydroxyl groups excluding tert-OH is 1. The fourth-order valence-corrected chi connectivity index (χ4v) is 1.13. The van der Waals surface area contributed by atoms with E-state index in [1.807, 2.05) is 0 Å². The number of rotatable bonds is 5. The lowest BCUT2D eigenvalue weighted by molar-refractivity contribution is -0.312. The van der Waals surface area contributed by atoms with E-state index in [4.69, 9.17) is 5.11 Å². The molecule has 0 aliphatic rings. The van der Waals surface area contributed by atoms with E-state index in [0.29, 0.717) is 13.0 Å². The normalized spacial score (nSPS) is 17.8. The van der Waals surface area contributed by atoms with Crippen LogP contribution >= 0.6 is 0 Å². The number of halogens is 5. The molecule has 0 aromatic rings. The lowest BCUT2D eigenvalue weighted by Gasteiger charge is -2.38. The molecule has 3 nitrogen and oxygen atoms in total. The Morgan fingerprint density at radius 3 is 2.11 bits per heavy atom. The van der Waals surface area contributed by atoms with Crippen LogP contribution in [-0.2, 0) is 9.53 Å². The van der Waals surface area contributed by atoms with Crippen LogP contribution in [0.3, 0.4) is 0 Å². The average molecular weight is 276 g/mol. The van der Waals surface area contributed by atoms with Gasteiger partial charge in [-0.2, -0.15) is 22.0 Å². The van der Waals surface area contributed by atoms with E-state index in [1.54, 1.807) is 0 Å². The number of esters is 1. The topological polar surface area (TPSA) is 46.5 Å². The first-order chi connectivity index (χ1) is 7.92. The average Bonchev–Trinajstić information content (AvgIpc) is 2.25. The predicted octanol–water partition coefficient (Wildman–Crippen LogP) is 2.44. The first-order valence-corrected chi connectivity index (χ1v) is 4.90. The molecule has 2 atom stereocenters. The molecule has 0 aliphatic heterocycles. The van der Waals surface area contributed by atoms with Crippen LogP contribution < -0.4 is 0 Å². The SMILES string of the molecule is C=CC(=O)OC(C)(CC)C(F)(F)C(O)C(F)(F)F. The fourth-order valence-electron chi connectivity index (χ4n) is 1.13. The number of carbonyl (C=O) groups is 1. The van der Waals surface area contributed by atoms with E-state index in [0.717, 1.165) is 6.92 Å². The molecule has 0 saturated carbocycles. The molecule has 0 fully saturated rings. The molecule has 0 rings (SSSR count). The maximum atomic E-state index is 13.6. The zero-order valence-corrected chi connectivity index (χ0v) is 9.72. The summed E-state index contributed by atoms with van der Waals surface area (Å²) in [6.45, 7) is 4.67. The minimum atomic E-state index is -5.53. The Kier molecular flexibility index (Phi) is 4.87. The molecule has 8 heteroatoms. The van der Waals surface area contributed by atoms with E-state index in [1.165, 1.54) is 0 Å². The highest BCUT2D eigenvalue weighted by atomic mass is 19.4. The van der Waals surface area contributed by atoms with Gasteiger partial charge >= 0.3 is 18.1 Å². The maximum absolute atomic E-state index is 13.6. The lowest BCUT2D eigenvalue weighted by atomic mass is 9.90. The smallest absolute Gasteiger partial charge is 0.420 e. The molecule has 2 unspecified atom stereocenters. The molecular formula is C10H13F5O3. The molecule has 0 aliphatic carbocycles. The molecule has 106 valence electrons. The van der Waals surface area contributed by atoms with Crippen LogP contribution in [0.15, 0.2) is 12.7 Å². The van der Waals surface area contributed by atoms with Gasteiger partial charge in [0.2, 0.25) is 6.10 Å². The van der Waals surface area contributed by atoms with Crippen molar-refractivity contribution in [2.24, 2.45) is 0 Å². The van der Waals surface area contributed by atoms with Crippen molar-refractivity contribution in [3.63, 3.8) is 0 Å². The second-order valence-corrected chi connectivity index (χ2v) is 3.78. The summed E-state index contributed by atoms with van der Waals surface area (Å²) in [7, 11) is 0. The Hall–Kier alpha value is -1.18. The first kappa shape index (κ1) is 16.8. The van der Waals surface area contributed by atoms with Crippen LogP contribution in [0.1, 0.15) is 20.3 Å². The van der Waals surface area contributed by atoms with Crippen molar-refractivity contribution in [1.82, 2.24) is 0 Å². The lowest BCUT2D eigenvalue weighted by Crippen LogP contribution is -2.59. The third-order valence-electron chi connectivity index (χ3n) is 2.53. The maximum Gasteiger partial charge on any atom is 0.420 e. The second-order valence-electron chi connectivity index (χ2n) is 3.78. The van der Waals surface area contributed by atoms with Crippen molar-refractivity contribution in [3.8, 4) is 0 Å². The third-order valence-corrected chi connectivity index (χ3v) is 2.53. The summed E-state index contributed by atoms with van der Waals surface area (Å²) in [6.07, 6.45) is -9.52. The standard InChI is InChI=1S/C10H13F5O3/c1-4-6(16)18-8(3,5-2)9(11,12)7(17)10(13,14)15/h4,7,17H,1,5H2,2-3H3. The summed E-state index contributed by atoms with van der Waals surface area (Å²) in [4.78, 5) is 10.9. The Labute approximate surface area is 100 Å². The Morgan fingerprint density at radius 2 is 1.83 bits per heavy atom. The number of hydrogen-bond donors (Lipinski definition) is 1. The zero-order chi connectivity index (χ0) is 14.8. The van der Waals surface area contributed by atoms with Gasteiger partial charge in [-0.1, -0.05) is 13.5 Å². The summed E-state index contributed by atoms with van der Waals surface area (Å²) < 4.78 is 67.8. The monoisotopic (exact) mass is 276 g/mol. The molecular weight excluding hydrogens is 263 g/mol. The predicted molar refractivity (Wildman–Crippen MR) is 52.0 cm³/mol. The van der Waals surface area contributed by atoms with Gasteiger partial charge in [-0.05, 0) is 13.3 Å². The van der Waals surface area contributed by atoms with Gasteiger partial charge in [0.1, 0.15) is 0 Å². The van der Waals surface area contributed by atoms with E-state index >= 15 is 0 Å². The molecule has 0 amide bonds. The number of aliphatic hydroxyl groups is 1. The molecule has 0 heterocycles. The first-order valence-electron chi connectivity index (χ1n) is 4.90. The molecule has 0 saturated heterocycles. The van der Waals surface area contributed by atoms with Crippen molar-refractivity contribution in [2.75, 3.05) is 0 Å². The van der Waals surface area contributed by atoms with Crippen molar-refractivity contribution in [1.29, 1.82) is 0 Å². The molecule has 1 N–H and O–H groups in total. The summed E-state index contributed by atoms with van der Waals surface area (Å²) in [5.41, 5.74) is -2.78. The van der Waals surface area contributed by atoms with Crippen molar-refractivity contribution in [2.45, 2.75) is 44.1 Å². The van der Waals surface area contributed by atoms with E-state index in [-0.39, 0.29) is 0 Å². The van der Waals surface area contributed by atoms with Gasteiger partial charge in [0.05, 0.1) is 0 Å². The molecule has 0 radical (unpaired) electrons. The number of hydrogen-bond acceptors (Lipinski definition) is 3. The number of ether oxygens (including phenoxy) is 1. The Bertz CT molecular complexity index is 326. The minimum absolute atomic E-state index is 0.546. The molecule has 0 bridgehead atoms. The van der Waals surface area contributed by atoms with Gasteiger partial charge in [0, 0.05) is 6.08 Å². The largest absolute Gasteiger partial charge is 0.450 e. The van der Waals surface area contributed by atoms with Crippen molar-refractivity contribution in [3.05, 3.63) is 12.7 Å². The van der Waals surface area contributed by atoms with E-state index < -0.39 is 36.2 Å². The van der Waals surface area contributed by atoms with Gasteiger partial charge < -0.3 is 9.84 Å². The van der Waals surface area contributed by atoms with Gasteiger partial charge in [0.15, 0.2) is 5.60 Å². The summed E-state index contributed by atoms with van der Waals surface area (Å²) in [5.74, 6) is -5.98. The van der Waals surface area contributed by atoms with E-state index in [9.17, 15) is 26.7 Å². The molecule has 0 spiro atoms. The Morgan fingerprint density at radius 1 is 1.39 bits per heavy atom. The fraction of sp³-hybridized carbons (Fsp3) is 0.700. The quantitative estimate of drug-likeness (QED) is 0.476. The van der Waals surface area contributed by atoms with Gasteiger partial charge in [-0.15, -0.1) is 0 Å². The van der Waals surface area contributed by atoms with Crippen LogP contribution in [0.25, 0.3) is 0 Å². The summed E-state index contributed by atoms with van der Waals surface area (Å²) in [5, 5.41) is 8.67. The van der Waals surface area contributed by atoms with E-state index in [2.05, 4.69) is 11.3 Å². The van der Waals surface area contributed by atoms with Crippen LogP contribution in [0, 0.1) is 0 Å². The molecule has 18 heavy (non-hydrogen) atoms. The highest BCUT2D eigenvalue weighted by molar-refractivity contribution is 5.81. The van der Waals surface area contributed by atoms with Gasteiger partial charge in [-0.3, -0.25) is 0 Å². The highest BCUT2D eigenvalue weighted by Gasteiger charge is 2.65. The van der Waals surface area contributed by atoms with Crippen LogP contribution in [0.5, 0.6) is 0 Å².